The van der Waals surface area contributed by atoms with Crippen molar-refractivity contribution in [2.24, 2.45) is 0 Å². The van der Waals surface area contributed by atoms with Crippen molar-refractivity contribution in [3.8, 4) is 0 Å². The van der Waals surface area contributed by atoms with E-state index in [9.17, 15) is 18.0 Å². The first kappa shape index (κ1) is 14.1. The number of carbonyl (C=O) groups excluding carboxylic acids is 1. The van der Waals surface area contributed by atoms with Crippen LogP contribution in [-0.2, 0) is 11.3 Å². The first-order valence-electron chi connectivity index (χ1n) is 5.76. The molecule has 1 aromatic carbocycles. The van der Waals surface area contributed by atoms with Gasteiger partial charge in [0.25, 0.3) is 0 Å². The zero-order valence-corrected chi connectivity index (χ0v) is 10.3. The summed E-state index contributed by atoms with van der Waals surface area (Å²) in [6.07, 6.45) is -4.04. The van der Waals surface area contributed by atoms with Gasteiger partial charge in [-0.3, -0.25) is 4.98 Å². The summed E-state index contributed by atoms with van der Waals surface area (Å²) < 4.78 is 39.7. The molecule has 1 heterocycles. The first-order valence-corrected chi connectivity index (χ1v) is 5.76. The maximum absolute atomic E-state index is 11.9. The van der Waals surface area contributed by atoms with Crippen molar-refractivity contribution < 1.29 is 22.7 Å². The molecule has 0 bridgehead atoms. The molecule has 106 valence electrons. The molecular formula is C13H11F3N2O2. The Labute approximate surface area is 112 Å². The van der Waals surface area contributed by atoms with E-state index in [1.165, 1.54) is 0 Å². The van der Waals surface area contributed by atoms with E-state index in [0.717, 1.165) is 5.39 Å². The molecule has 2 aromatic rings. The lowest BCUT2D eigenvalue weighted by molar-refractivity contribution is -0.160. The summed E-state index contributed by atoms with van der Waals surface area (Å²) in [5.74, 6) is 0. The van der Waals surface area contributed by atoms with Gasteiger partial charge in [0.1, 0.15) is 0 Å². The molecule has 0 aliphatic carbocycles. The van der Waals surface area contributed by atoms with Crippen LogP contribution >= 0.6 is 0 Å². The summed E-state index contributed by atoms with van der Waals surface area (Å²) in [7, 11) is 0. The summed E-state index contributed by atoms with van der Waals surface area (Å²) in [6, 6.07) is 9.00. The number of fused-ring (bicyclic) bond motifs is 1. The first-order chi connectivity index (χ1) is 9.46. The van der Waals surface area contributed by atoms with Crippen LogP contribution in [0.4, 0.5) is 18.0 Å². The number of pyridine rings is 1. The van der Waals surface area contributed by atoms with Crippen molar-refractivity contribution in [3.63, 3.8) is 0 Å². The molecular weight excluding hydrogens is 273 g/mol. The number of ether oxygens (including phenoxy) is 1. The lowest BCUT2D eigenvalue weighted by atomic mass is 10.1. The molecule has 0 atom stereocenters. The molecule has 0 aliphatic heterocycles. The van der Waals surface area contributed by atoms with Gasteiger partial charge < -0.3 is 10.1 Å². The summed E-state index contributed by atoms with van der Waals surface area (Å²) in [6.45, 7) is -1.56. The lowest BCUT2D eigenvalue weighted by Gasteiger charge is -2.10. The fourth-order valence-corrected chi connectivity index (χ4v) is 1.68. The van der Waals surface area contributed by atoms with Gasteiger partial charge in [-0.2, -0.15) is 13.2 Å². The Balaban J connectivity index is 1.98. The van der Waals surface area contributed by atoms with Gasteiger partial charge in [-0.1, -0.05) is 24.3 Å². The van der Waals surface area contributed by atoms with Gasteiger partial charge in [0.05, 0.1) is 5.52 Å². The van der Waals surface area contributed by atoms with Crippen LogP contribution < -0.4 is 5.32 Å². The van der Waals surface area contributed by atoms with Gasteiger partial charge in [0.15, 0.2) is 6.61 Å². The standard InChI is InChI=1S/C13H11F3N2O2/c14-13(15,16)8-20-12(19)18-7-10-4-1-3-9-5-2-6-17-11(9)10/h1-6H,7-8H2,(H,18,19). The highest BCUT2D eigenvalue weighted by Crippen LogP contribution is 2.16. The molecule has 2 rings (SSSR count). The third-order valence-corrected chi connectivity index (χ3v) is 2.51. The van der Waals surface area contributed by atoms with Crippen LogP contribution in [0, 0.1) is 0 Å². The molecule has 0 radical (unpaired) electrons. The van der Waals surface area contributed by atoms with Gasteiger partial charge in [-0.05, 0) is 11.6 Å². The maximum atomic E-state index is 11.9. The Hall–Kier alpha value is -2.31. The third-order valence-electron chi connectivity index (χ3n) is 2.51. The van der Waals surface area contributed by atoms with Gasteiger partial charge in [0, 0.05) is 18.1 Å². The van der Waals surface area contributed by atoms with E-state index < -0.39 is 18.9 Å². The number of amides is 1. The third kappa shape index (κ3) is 3.84. The number of alkyl halides is 3. The summed E-state index contributed by atoms with van der Waals surface area (Å²) in [5, 5.41) is 3.15. The summed E-state index contributed by atoms with van der Waals surface area (Å²) >= 11 is 0. The van der Waals surface area contributed by atoms with E-state index >= 15 is 0 Å². The highest BCUT2D eigenvalue weighted by atomic mass is 19.4. The number of alkyl carbamates (subject to hydrolysis) is 1. The van der Waals surface area contributed by atoms with Crippen molar-refractivity contribution in [2.45, 2.75) is 12.7 Å². The van der Waals surface area contributed by atoms with Crippen molar-refractivity contribution >= 4 is 17.0 Å². The Morgan fingerprint density at radius 3 is 2.75 bits per heavy atom. The largest absolute Gasteiger partial charge is 0.440 e. The molecule has 1 N–H and O–H groups in total. The second kappa shape index (κ2) is 5.77. The smallest absolute Gasteiger partial charge is 0.422 e. The fraction of sp³-hybridized carbons (Fsp3) is 0.231. The van der Waals surface area contributed by atoms with Gasteiger partial charge in [-0.25, -0.2) is 4.79 Å². The minimum atomic E-state index is -4.53. The normalized spacial score (nSPS) is 11.3. The molecule has 0 aliphatic rings. The predicted octanol–water partition coefficient (Wildman–Crippen LogP) is 3.02. The average Bonchev–Trinajstić information content (AvgIpc) is 2.42. The van der Waals surface area contributed by atoms with E-state index in [1.807, 2.05) is 12.1 Å². The van der Waals surface area contributed by atoms with Crippen LogP contribution in [0.5, 0.6) is 0 Å². The fourth-order valence-electron chi connectivity index (χ4n) is 1.68. The highest BCUT2D eigenvalue weighted by molar-refractivity contribution is 5.81. The predicted molar refractivity (Wildman–Crippen MR) is 66.0 cm³/mol. The van der Waals surface area contributed by atoms with Gasteiger partial charge in [0.2, 0.25) is 0 Å². The molecule has 4 nitrogen and oxygen atoms in total. The highest BCUT2D eigenvalue weighted by Gasteiger charge is 2.29. The lowest BCUT2D eigenvalue weighted by Crippen LogP contribution is -2.28. The zero-order chi connectivity index (χ0) is 14.6. The van der Waals surface area contributed by atoms with E-state index in [4.69, 9.17) is 0 Å². The Bertz CT molecular complexity index is 609. The second-order valence-electron chi connectivity index (χ2n) is 4.04. The van der Waals surface area contributed by atoms with Crippen LogP contribution in [0.2, 0.25) is 0 Å². The molecule has 0 saturated carbocycles. The number of rotatable bonds is 3. The summed E-state index contributed by atoms with van der Waals surface area (Å²) in [4.78, 5) is 15.3. The maximum Gasteiger partial charge on any atom is 0.422 e. The number of nitrogens with one attached hydrogen (secondary N) is 1. The monoisotopic (exact) mass is 284 g/mol. The molecule has 0 fully saturated rings. The number of carbonyl (C=O) groups is 1. The zero-order valence-electron chi connectivity index (χ0n) is 10.3. The van der Waals surface area contributed by atoms with E-state index in [-0.39, 0.29) is 6.54 Å². The number of halogens is 3. The van der Waals surface area contributed by atoms with Gasteiger partial charge in [-0.15, -0.1) is 0 Å². The number of hydrogen-bond donors (Lipinski definition) is 1. The van der Waals surface area contributed by atoms with Crippen molar-refractivity contribution in [1.29, 1.82) is 0 Å². The van der Waals surface area contributed by atoms with Crippen molar-refractivity contribution in [3.05, 3.63) is 42.1 Å². The Kier molecular flexibility index (Phi) is 4.07. The average molecular weight is 284 g/mol. The number of para-hydroxylation sites is 1. The van der Waals surface area contributed by atoms with E-state index in [0.29, 0.717) is 11.1 Å². The molecule has 20 heavy (non-hydrogen) atoms. The van der Waals surface area contributed by atoms with Crippen molar-refractivity contribution in [2.75, 3.05) is 6.61 Å². The number of aromatic nitrogens is 1. The topological polar surface area (TPSA) is 51.2 Å². The van der Waals surface area contributed by atoms with Gasteiger partial charge >= 0.3 is 12.3 Å². The van der Waals surface area contributed by atoms with Crippen LogP contribution in [0.1, 0.15) is 5.56 Å². The molecule has 0 unspecified atom stereocenters. The van der Waals surface area contributed by atoms with Crippen LogP contribution in [0.3, 0.4) is 0 Å². The minimum absolute atomic E-state index is 0.0467. The van der Waals surface area contributed by atoms with E-state index in [1.54, 1.807) is 24.4 Å². The van der Waals surface area contributed by atoms with Crippen LogP contribution in [-0.4, -0.2) is 23.9 Å². The van der Waals surface area contributed by atoms with Crippen LogP contribution in [0.15, 0.2) is 36.5 Å². The minimum Gasteiger partial charge on any atom is -0.440 e. The Morgan fingerprint density at radius 1 is 1.25 bits per heavy atom. The molecule has 0 saturated heterocycles. The quantitative estimate of drug-likeness (QED) is 0.942. The molecule has 7 heteroatoms. The molecule has 1 aromatic heterocycles. The SMILES string of the molecule is O=C(NCc1cccc2cccnc12)OCC(F)(F)F. The Morgan fingerprint density at radius 2 is 2.00 bits per heavy atom. The second-order valence-corrected chi connectivity index (χ2v) is 4.04. The number of nitrogens with zero attached hydrogens (tertiary/aromatic N) is 1. The molecule has 1 amide bonds. The van der Waals surface area contributed by atoms with E-state index in [2.05, 4.69) is 15.0 Å². The summed E-state index contributed by atoms with van der Waals surface area (Å²) in [5.41, 5.74) is 1.39. The number of hydrogen-bond acceptors (Lipinski definition) is 3. The molecule has 0 spiro atoms. The van der Waals surface area contributed by atoms with Crippen LogP contribution in [0.25, 0.3) is 10.9 Å². The van der Waals surface area contributed by atoms with Crippen molar-refractivity contribution in [1.82, 2.24) is 10.3 Å². The number of benzene rings is 1.